The molecule has 1 rings (SSSR count). The summed E-state index contributed by atoms with van der Waals surface area (Å²) in [6.45, 7) is 5.37. The van der Waals surface area contributed by atoms with Gasteiger partial charge in [0.1, 0.15) is 5.75 Å². The van der Waals surface area contributed by atoms with Crippen LogP contribution >= 0.6 is 0 Å². The molecule has 0 spiro atoms. The lowest BCUT2D eigenvalue weighted by atomic mass is 10.0. The van der Waals surface area contributed by atoms with E-state index in [2.05, 4.69) is 10.3 Å². The first-order valence-corrected chi connectivity index (χ1v) is 6.40. The second-order valence-corrected chi connectivity index (χ2v) is 4.98. The molecule has 1 atom stereocenters. The Hall–Kier alpha value is -1.17. The molecule has 1 aromatic rings. The van der Waals surface area contributed by atoms with Crippen molar-refractivity contribution in [3.8, 4) is 5.75 Å². The summed E-state index contributed by atoms with van der Waals surface area (Å²) >= 11 is 0. The van der Waals surface area contributed by atoms with Crippen LogP contribution in [0.25, 0.3) is 0 Å². The summed E-state index contributed by atoms with van der Waals surface area (Å²) in [4.78, 5) is 4.41. The van der Waals surface area contributed by atoms with Crippen LogP contribution in [0.3, 0.4) is 0 Å². The summed E-state index contributed by atoms with van der Waals surface area (Å²) in [5.74, 6) is 0.801. The third kappa shape index (κ3) is 6.00. The van der Waals surface area contributed by atoms with Gasteiger partial charge in [-0.1, -0.05) is 0 Å². The van der Waals surface area contributed by atoms with E-state index < -0.39 is 5.60 Å². The molecule has 0 aliphatic heterocycles. The fourth-order valence-electron chi connectivity index (χ4n) is 1.78. The number of pyridine rings is 1. The van der Waals surface area contributed by atoms with Crippen molar-refractivity contribution in [1.29, 1.82) is 0 Å². The molecule has 0 amide bonds. The second-order valence-electron chi connectivity index (χ2n) is 4.98. The van der Waals surface area contributed by atoms with Gasteiger partial charge in [0.15, 0.2) is 0 Å². The molecular formula is C14H24N2O3. The van der Waals surface area contributed by atoms with Gasteiger partial charge >= 0.3 is 0 Å². The van der Waals surface area contributed by atoms with Gasteiger partial charge in [-0.3, -0.25) is 4.98 Å². The highest BCUT2D eigenvalue weighted by Crippen LogP contribution is 2.13. The van der Waals surface area contributed by atoms with Crippen LogP contribution in [0.2, 0.25) is 0 Å². The zero-order chi connectivity index (χ0) is 14.3. The average molecular weight is 268 g/mol. The van der Waals surface area contributed by atoms with E-state index in [1.54, 1.807) is 21.1 Å². The van der Waals surface area contributed by atoms with E-state index in [0.29, 0.717) is 26.1 Å². The summed E-state index contributed by atoms with van der Waals surface area (Å²) in [6.07, 6.45) is 0.598. The lowest BCUT2D eigenvalue weighted by Crippen LogP contribution is -2.38. The zero-order valence-corrected chi connectivity index (χ0v) is 12.2. The van der Waals surface area contributed by atoms with Crippen LogP contribution in [-0.4, -0.2) is 43.1 Å². The fourth-order valence-corrected chi connectivity index (χ4v) is 1.78. The highest BCUT2D eigenvalue weighted by Gasteiger charge is 2.19. The predicted molar refractivity (Wildman–Crippen MR) is 74.3 cm³/mol. The standard InChI is InChI=1S/C14H24N2O3/c1-11-7-13(19-4)8-12(16-11)9-15-10-14(2,17)5-6-18-3/h7-8,15,17H,5-6,9-10H2,1-4H3. The van der Waals surface area contributed by atoms with Gasteiger partial charge in [0, 0.05) is 51.1 Å². The first-order valence-electron chi connectivity index (χ1n) is 6.40. The number of nitrogens with zero attached hydrogens (tertiary/aromatic N) is 1. The summed E-state index contributed by atoms with van der Waals surface area (Å²) in [6, 6.07) is 3.78. The van der Waals surface area contributed by atoms with Gasteiger partial charge in [-0.15, -0.1) is 0 Å². The van der Waals surface area contributed by atoms with Crippen molar-refractivity contribution >= 4 is 0 Å². The molecule has 0 saturated carbocycles. The minimum atomic E-state index is -0.774. The Morgan fingerprint density at radius 2 is 2.11 bits per heavy atom. The maximum Gasteiger partial charge on any atom is 0.122 e. The van der Waals surface area contributed by atoms with Crippen molar-refractivity contribution in [2.75, 3.05) is 27.4 Å². The van der Waals surface area contributed by atoms with Gasteiger partial charge < -0.3 is 19.9 Å². The van der Waals surface area contributed by atoms with E-state index in [4.69, 9.17) is 9.47 Å². The van der Waals surface area contributed by atoms with E-state index in [1.807, 2.05) is 19.1 Å². The third-order valence-electron chi connectivity index (χ3n) is 2.87. The Kier molecular flexibility index (Phi) is 6.21. The van der Waals surface area contributed by atoms with Crippen molar-refractivity contribution in [1.82, 2.24) is 10.3 Å². The van der Waals surface area contributed by atoms with Crippen LogP contribution in [0.5, 0.6) is 5.75 Å². The van der Waals surface area contributed by atoms with E-state index in [1.165, 1.54) is 0 Å². The third-order valence-corrected chi connectivity index (χ3v) is 2.87. The molecule has 108 valence electrons. The summed E-state index contributed by atoms with van der Waals surface area (Å²) in [5.41, 5.74) is 1.05. The van der Waals surface area contributed by atoms with Crippen molar-refractivity contribution in [3.05, 3.63) is 23.5 Å². The van der Waals surface area contributed by atoms with Crippen LogP contribution in [0, 0.1) is 6.92 Å². The number of hydrogen-bond donors (Lipinski definition) is 2. The molecule has 0 bridgehead atoms. The smallest absolute Gasteiger partial charge is 0.122 e. The Balaban J connectivity index is 2.46. The van der Waals surface area contributed by atoms with Crippen LogP contribution in [0.15, 0.2) is 12.1 Å². The van der Waals surface area contributed by atoms with Crippen LogP contribution in [0.1, 0.15) is 24.7 Å². The number of nitrogens with one attached hydrogen (secondary N) is 1. The number of ether oxygens (including phenoxy) is 2. The van der Waals surface area contributed by atoms with Crippen LogP contribution in [0.4, 0.5) is 0 Å². The molecule has 0 radical (unpaired) electrons. The van der Waals surface area contributed by atoms with E-state index >= 15 is 0 Å². The first-order chi connectivity index (χ1) is 8.96. The number of aryl methyl sites for hydroxylation is 1. The lowest BCUT2D eigenvalue weighted by molar-refractivity contribution is 0.0247. The summed E-state index contributed by atoms with van der Waals surface area (Å²) in [7, 11) is 3.27. The minimum Gasteiger partial charge on any atom is -0.497 e. The van der Waals surface area contributed by atoms with E-state index in [9.17, 15) is 5.11 Å². The number of aromatic nitrogens is 1. The Labute approximate surface area is 115 Å². The predicted octanol–water partition coefficient (Wildman–Crippen LogP) is 1.28. The molecule has 0 aliphatic rings. The number of rotatable bonds is 8. The van der Waals surface area contributed by atoms with Crippen molar-refractivity contribution in [3.63, 3.8) is 0 Å². The van der Waals surface area contributed by atoms with Gasteiger partial charge in [-0.2, -0.15) is 0 Å². The highest BCUT2D eigenvalue weighted by atomic mass is 16.5. The zero-order valence-electron chi connectivity index (χ0n) is 12.2. The monoisotopic (exact) mass is 268 g/mol. The molecular weight excluding hydrogens is 244 g/mol. The average Bonchev–Trinajstić information content (AvgIpc) is 2.35. The number of aliphatic hydroxyl groups is 1. The van der Waals surface area contributed by atoms with Gasteiger partial charge in [-0.25, -0.2) is 0 Å². The second kappa shape index (κ2) is 7.43. The van der Waals surface area contributed by atoms with E-state index in [-0.39, 0.29) is 0 Å². The maximum atomic E-state index is 10.1. The molecule has 1 heterocycles. The Morgan fingerprint density at radius 1 is 1.37 bits per heavy atom. The van der Waals surface area contributed by atoms with Gasteiger partial charge in [0.25, 0.3) is 0 Å². The van der Waals surface area contributed by atoms with Crippen LogP contribution in [-0.2, 0) is 11.3 Å². The van der Waals surface area contributed by atoms with Crippen LogP contribution < -0.4 is 10.1 Å². The fraction of sp³-hybridized carbons (Fsp3) is 0.643. The molecule has 0 saturated heterocycles. The van der Waals surface area contributed by atoms with Gasteiger partial charge in [0.05, 0.1) is 18.4 Å². The molecule has 1 aromatic heterocycles. The van der Waals surface area contributed by atoms with Gasteiger partial charge in [-0.05, 0) is 13.8 Å². The molecule has 19 heavy (non-hydrogen) atoms. The molecule has 5 nitrogen and oxygen atoms in total. The number of hydrogen-bond acceptors (Lipinski definition) is 5. The lowest BCUT2D eigenvalue weighted by Gasteiger charge is -2.23. The Morgan fingerprint density at radius 3 is 2.74 bits per heavy atom. The van der Waals surface area contributed by atoms with Crippen molar-refractivity contribution in [2.24, 2.45) is 0 Å². The molecule has 0 fully saturated rings. The molecule has 0 aromatic carbocycles. The largest absolute Gasteiger partial charge is 0.497 e. The Bertz CT molecular complexity index is 394. The SMILES string of the molecule is COCCC(C)(O)CNCc1cc(OC)cc(C)n1. The van der Waals surface area contributed by atoms with E-state index in [0.717, 1.165) is 17.1 Å². The molecule has 2 N–H and O–H groups in total. The topological polar surface area (TPSA) is 63.6 Å². The quantitative estimate of drug-likeness (QED) is 0.743. The summed E-state index contributed by atoms with van der Waals surface area (Å²) < 4.78 is 10.2. The van der Waals surface area contributed by atoms with Crippen molar-refractivity contribution in [2.45, 2.75) is 32.4 Å². The number of methoxy groups -OCH3 is 2. The maximum absolute atomic E-state index is 10.1. The summed E-state index contributed by atoms with van der Waals surface area (Å²) in [5, 5.41) is 13.3. The first kappa shape index (κ1) is 15.9. The minimum absolute atomic E-state index is 0.494. The molecule has 0 aliphatic carbocycles. The van der Waals surface area contributed by atoms with Gasteiger partial charge in [0.2, 0.25) is 0 Å². The normalized spacial score (nSPS) is 14.2. The highest BCUT2D eigenvalue weighted by molar-refractivity contribution is 5.26. The molecule has 5 heteroatoms. The molecule has 1 unspecified atom stereocenters. The van der Waals surface area contributed by atoms with Crippen molar-refractivity contribution < 1.29 is 14.6 Å².